The third-order valence-electron chi connectivity index (χ3n) is 1.30. The fraction of sp³-hybridized carbons (Fsp3) is 0.833. The molecule has 0 amide bonds. The molecule has 0 saturated heterocycles. The molecule has 0 heterocycles. The van der Waals surface area contributed by atoms with Gasteiger partial charge in [-0.25, -0.2) is 0 Å². The Bertz CT molecular complexity index is 72.8. The Balaban J connectivity index is 3.21. The SMILES string of the molecule is C[SiH2]O[CH]C(CN)CCN. The van der Waals surface area contributed by atoms with Crippen molar-refractivity contribution < 1.29 is 4.43 Å². The first-order valence-corrected chi connectivity index (χ1v) is 5.69. The molecule has 0 aliphatic carbocycles. The van der Waals surface area contributed by atoms with Crippen LogP contribution in [-0.2, 0) is 4.43 Å². The zero-order valence-corrected chi connectivity index (χ0v) is 7.96. The van der Waals surface area contributed by atoms with Crippen LogP contribution in [-0.4, -0.2) is 22.9 Å². The van der Waals surface area contributed by atoms with Crippen molar-refractivity contribution in [2.24, 2.45) is 17.4 Å². The number of rotatable bonds is 6. The van der Waals surface area contributed by atoms with Crippen LogP contribution in [0.3, 0.4) is 0 Å². The van der Waals surface area contributed by atoms with E-state index in [1.165, 1.54) is 0 Å². The Morgan fingerprint density at radius 2 is 2.30 bits per heavy atom. The highest BCUT2D eigenvalue weighted by Gasteiger charge is 2.04. The Labute approximate surface area is 65.1 Å². The molecule has 0 aromatic heterocycles. The summed E-state index contributed by atoms with van der Waals surface area (Å²) in [4.78, 5) is 0. The molecule has 4 heteroatoms. The van der Waals surface area contributed by atoms with Gasteiger partial charge in [-0.1, -0.05) is 6.55 Å². The van der Waals surface area contributed by atoms with Crippen molar-refractivity contribution in [2.45, 2.75) is 13.0 Å². The van der Waals surface area contributed by atoms with Crippen molar-refractivity contribution in [2.75, 3.05) is 13.1 Å². The molecule has 0 saturated carbocycles. The first-order chi connectivity index (χ1) is 4.85. The first kappa shape index (κ1) is 10.1. The normalized spacial score (nSPS) is 14.7. The topological polar surface area (TPSA) is 61.3 Å². The molecular formula is C6H17N2OSi. The van der Waals surface area contributed by atoms with E-state index in [2.05, 4.69) is 6.55 Å². The highest BCUT2D eigenvalue weighted by Crippen LogP contribution is 2.03. The summed E-state index contributed by atoms with van der Waals surface area (Å²) in [5.41, 5.74) is 10.8. The number of hydrogen-bond donors (Lipinski definition) is 2. The van der Waals surface area contributed by atoms with Crippen molar-refractivity contribution in [3.05, 3.63) is 6.61 Å². The summed E-state index contributed by atoms with van der Waals surface area (Å²) in [6.07, 6.45) is 0.935. The fourth-order valence-corrected chi connectivity index (χ4v) is 1.15. The van der Waals surface area contributed by atoms with E-state index in [1.807, 2.05) is 6.61 Å². The van der Waals surface area contributed by atoms with Gasteiger partial charge in [-0.3, -0.25) is 0 Å². The smallest absolute Gasteiger partial charge is 0.159 e. The average Bonchev–Trinajstić information content (AvgIpc) is 1.98. The summed E-state index contributed by atoms with van der Waals surface area (Å²) in [7, 11) is -0.307. The maximum atomic E-state index is 5.45. The summed E-state index contributed by atoms with van der Waals surface area (Å²) in [5.74, 6) is 0.359. The minimum Gasteiger partial charge on any atom is -0.418 e. The molecule has 0 fully saturated rings. The summed E-state index contributed by atoms with van der Waals surface area (Å²) >= 11 is 0. The summed E-state index contributed by atoms with van der Waals surface area (Å²) in [5, 5.41) is 0. The summed E-state index contributed by atoms with van der Waals surface area (Å²) < 4.78 is 5.22. The van der Waals surface area contributed by atoms with Crippen molar-refractivity contribution in [1.82, 2.24) is 0 Å². The number of hydrogen-bond acceptors (Lipinski definition) is 3. The Kier molecular flexibility index (Phi) is 7.28. The third kappa shape index (κ3) is 4.93. The molecule has 3 nitrogen and oxygen atoms in total. The van der Waals surface area contributed by atoms with Crippen molar-refractivity contribution in [1.29, 1.82) is 0 Å². The Morgan fingerprint density at radius 3 is 2.70 bits per heavy atom. The first-order valence-electron chi connectivity index (χ1n) is 3.70. The maximum absolute atomic E-state index is 5.45. The molecule has 0 aliphatic heterocycles. The van der Waals surface area contributed by atoms with Crippen LogP contribution < -0.4 is 11.5 Å². The Hall–Kier alpha value is 0.0969. The standard InChI is InChI=1S/C6H17N2OSi/c1-10-9-5-6(4-8)2-3-7/h5-6H,2-4,7-8,10H2,1H3. The largest absolute Gasteiger partial charge is 0.418 e. The second kappa shape index (κ2) is 7.21. The highest BCUT2D eigenvalue weighted by atomic mass is 28.2. The molecule has 0 aromatic carbocycles. The van der Waals surface area contributed by atoms with Crippen LogP contribution in [0, 0.1) is 12.5 Å². The zero-order valence-electron chi connectivity index (χ0n) is 6.55. The summed E-state index contributed by atoms with van der Waals surface area (Å²) in [6, 6.07) is 0. The fourth-order valence-electron chi connectivity index (χ4n) is 0.688. The zero-order chi connectivity index (χ0) is 7.82. The molecule has 0 rings (SSSR count). The van der Waals surface area contributed by atoms with E-state index in [9.17, 15) is 0 Å². The molecular weight excluding hydrogens is 144 g/mol. The Morgan fingerprint density at radius 1 is 1.60 bits per heavy atom. The van der Waals surface area contributed by atoms with E-state index in [4.69, 9.17) is 15.9 Å². The second-order valence-corrected chi connectivity index (χ2v) is 3.08. The van der Waals surface area contributed by atoms with Gasteiger partial charge in [0.15, 0.2) is 9.76 Å². The molecule has 1 atom stereocenters. The lowest BCUT2D eigenvalue weighted by Crippen LogP contribution is -2.19. The molecule has 1 unspecified atom stereocenters. The van der Waals surface area contributed by atoms with E-state index < -0.39 is 0 Å². The minimum absolute atomic E-state index is 0.307. The van der Waals surface area contributed by atoms with Gasteiger partial charge >= 0.3 is 0 Å². The second-order valence-electron chi connectivity index (χ2n) is 2.16. The quantitative estimate of drug-likeness (QED) is 0.502. The molecule has 61 valence electrons. The van der Waals surface area contributed by atoms with E-state index in [0.717, 1.165) is 6.42 Å². The van der Waals surface area contributed by atoms with Gasteiger partial charge in [-0.2, -0.15) is 0 Å². The van der Waals surface area contributed by atoms with Gasteiger partial charge in [0.1, 0.15) is 0 Å². The van der Waals surface area contributed by atoms with E-state index >= 15 is 0 Å². The predicted molar refractivity (Wildman–Crippen MR) is 46.0 cm³/mol. The lowest BCUT2D eigenvalue weighted by Gasteiger charge is -2.11. The van der Waals surface area contributed by atoms with Crippen LogP contribution in [0.1, 0.15) is 6.42 Å². The maximum Gasteiger partial charge on any atom is 0.159 e. The molecule has 4 N–H and O–H groups in total. The van der Waals surface area contributed by atoms with Crippen LogP contribution >= 0.6 is 0 Å². The van der Waals surface area contributed by atoms with Crippen LogP contribution in [0.4, 0.5) is 0 Å². The van der Waals surface area contributed by atoms with E-state index in [-0.39, 0.29) is 9.76 Å². The van der Waals surface area contributed by atoms with Crippen LogP contribution in [0.5, 0.6) is 0 Å². The average molecular weight is 161 g/mol. The van der Waals surface area contributed by atoms with Crippen LogP contribution in [0.2, 0.25) is 6.55 Å². The van der Waals surface area contributed by atoms with Crippen molar-refractivity contribution in [3.8, 4) is 0 Å². The molecule has 0 bridgehead atoms. The minimum atomic E-state index is -0.307. The van der Waals surface area contributed by atoms with Crippen LogP contribution in [0.15, 0.2) is 0 Å². The molecule has 10 heavy (non-hydrogen) atoms. The van der Waals surface area contributed by atoms with Gasteiger partial charge in [-0.05, 0) is 25.4 Å². The van der Waals surface area contributed by atoms with Gasteiger partial charge in [-0.15, -0.1) is 0 Å². The third-order valence-corrected chi connectivity index (χ3v) is 1.82. The lowest BCUT2D eigenvalue weighted by molar-refractivity contribution is 0.343. The molecule has 0 aromatic rings. The van der Waals surface area contributed by atoms with E-state index in [1.54, 1.807) is 0 Å². The van der Waals surface area contributed by atoms with Gasteiger partial charge in [0.05, 0.1) is 6.61 Å². The van der Waals surface area contributed by atoms with Gasteiger partial charge < -0.3 is 15.9 Å². The highest BCUT2D eigenvalue weighted by molar-refractivity contribution is 6.24. The van der Waals surface area contributed by atoms with Gasteiger partial charge in [0, 0.05) is 0 Å². The molecule has 1 radical (unpaired) electrons. The molecule has 0 aliphatic rings. The van der Waals surface area contributed by atoms with E-state index in [0.29, 0.717) is 19.0 Å². The van der Waals surface area contributed by atoms with Crippen molar-refractivity contribution in [3.63, 3.8) is 0 Å². The van der Waals surface area contributed by atoms with Gasteiger partial charge in [0.2, 0.25) is 0 Å². The predicted octanol–water partition coefficient (Wildman–Crippen LogP) is -0.780. The van der Waals surface area contributed by atoms with Crippen LogP contribution in [0.25, 0.3) is 0 Å². The summed E-state index contributed by atoms with van der Waals surface area (Å²) in [6.45, 7) is 5.27. The van der Waals surface area contributed by atoms with Crippen molar-refractivity contribution >= 4 is 9.76 Å². The lowest BCUT2D eigenvalue weighted by atomic mass is 10.1. The molecule has 0 spiro atoms. The number of nitrogens with two attached hydrogens (primary N) is 2. The van der Waals surface area contributed by atoms with Gasteiger partial charge in [0.25, 0.3) is 0 Å². The monoisotopic (exact) mass is 161 g/mol.